The normalized spacial score (nSPS) is 35.1. The second kappa shape index (κ2) is 7.11. The molecular weight excluding hydrogens is 445 g/mol. The molecule has 0 N–H and O–H groups in total. The minimum absolute atomic E-state index is 0.00413. The number of nitrogens with zero attached hydrogens (tertiary/aromatic N) is 5. The summed E-state index contributed by atoms with van der Waals surface area (Å²) in [5.41, 5.74) is -0.872. The number of pyridine rings is 1. The predicted molar refractivity (Wildman–Crippen MR) is 128 cm³/mol. The zero-order valence-corrected chi connectivity index (χ0v) is 20.7. The Hall–Kier alpha value is -2.82. The first kappa shape index (κ1) is 22.6. The lowest BCUT2D eigenvalue weighted by molar-refractivity contribution is -0.211. The van der Waals surface area contributed by atoms with Crippen LogP contribution >= 0.6 is 0 Å². The van der Waals surface area contributed by atoms with E-state index in [0.29, 0.717) is 37.2 Å². The number of carbonyl (C=O) groups is 1. The monoisotopic (exact) mass is 477 g/mol. The van der Waals surface area contributed by atoms with Crippen molar-refractivity contribution in [1.82, 2.24) is 15.1 Å². The van der Waals surface area contributed by atoms with Crippen molar-refractivity contribution in [3.63, 3.8) is 0 Å². The number of hydrogen-bond donors (Lipinski definition) is 0. The molecule has 35 heavy (non-hydrogen) atoms. The maximum atomic E-state index is 14.3. The Kier molecular flexibility index (Phi) is 4.60. The molecule has 0 spiro atoms. The molecule has 6 aliphatic carbocycles. The Bertz CT molecular complexity index is 1190. The lowest BCUT2D eigenvalue weighted by Gasteiger charge is -2.65. The van der Waals surface area contributed by atoms with Crippen molar-refractivity contribution in [3.8, 4) is 0 Å². The molecule has 8 heteroatoms. The minimum Gasteiger partial charge on any atom is -0.339 e. The number of amides is 1. The van der Waals surface area contributed by atoms with Crippen molar-refractivity contribution in [1.29, 1.82) is 0 Å². The van der Waals surface area contributed by atoms with Crippen LogP contribution in [0.4, 0.5) is 15.8 Å². The lowest BCUT2D eigenvalue weighted by atomic mass is 9.41. The molecule has 1 amide bonds. The van der Waals surface area contributed by atoms with Crippen LogP contribution in [0.25, 0.3) is 4.85 Å². The quantitative estimate of drug-likeness (QED) is 0.507. The third-order valence-electron chi connectivity index (χ3n) is 9.26. The van der Waals surface area contributed by atoms with Crippen molar-refractivity contribution >= 4 is 17.3 Å². The standard InChI is InChI=1S/C27H32FN5O2/c1-23(2,3)20-31-21(35-32-20)25-8-5-24(6-9-25,7-10-25)17-33(19-11-18(29-4)12-30-13-19)22(34)26-14-27(28,15-26)16-26/h11-13H,5-10,14-17H2,1-3H3. The number of alkyl halides is 1. The maximum absolute atomic E-state index is 14.3. The molecule has 0 unspecified atom stereocenters. The summed E-state index contributed by atoms with van der Waals surface area (Å²) in [7, 11) is 0. The summed E-state index contributed by atoms with van der Waals surface area (Å²) in [6, 6.07) is 1.74. The highest BCUT2D eigenvalue weighted by molar-refractivity contribution is 6.00. The van der Waals surface area contributed by atoms with Crippen molar-refractivity contribution in [2.45, 2.75) is 95.1 Å². The van der Waals surface area contributed by atoms with Crippen LogP contribution in [-0.4, -0.2) is 33.2 Å². The molecule has 2 heterocycles. The van der Waals surface area contributed by atoms with Crippen LogP contribution in [0.2, 0.25) is 0 Å². The molecule has 7 nitrogen and oxygen atoms in total. The van der Waals surface area contributed by atoms with Gasteiger partial charge in [0.15, 0.2) is 5.82 Å². The van der Waals surface area contributed by atoms with Gasteiger partial charge in [0.05, 0.1) is 17.7 Å². The van der Waals surface area contributed by atoms with Gasteiger partial charge < -0.3 is 9.42 Å². The average molecular weight is 478 g/mol. The Morgan fingerprint density at radius 2 is 1.80 bits per heavy atom. The van der Waals surface area contributed by atoms with Gasteiger partial charge in [-0.15, -0.1) is 0 Å². The highest BCUT2D eigenvalue weighted by atomic mass is 19.1. The topological polar surface area (TPSA) is 76.5 Å². The third-order valence-corrected chi connectivity index (χ3v) is 9.26. The number of rotatable bonds is 5. The van der Waals surface area contributed by atoms with E-state index in [0.717, 1.165) is 50.2 Å². The van der Waals surface area contributed by atoms with E-state index in [4.69, 9.17) is 16.1 Å². The molecule has 2 aromatic rings. The number of aromatic nitrogens is 3. The summed E-state index contributed by atoms with van der Waals surface area (Å²) in [5.74, 6) is 1.52. The van der Waals surface area contributed by atoms with Crippen LogP contribution in [0.3, 0.4) is 0 Å². The first-order chi connectivity index (χ1) is 16.5. The minimum atomic E-state index is -1.14. The smallest absolute Gasteiger partial charge is 0.233 e. The van der Waals surface area contributed by atoms with Crippen LogP contribution in [0, 0.1) is 17.4 Å². The molecule has 184 valence electrons. The second-order valence-electron chi connectivity index (χ2n) is 12.8. The Morgan fingerprint density at radius 3 is 2.34 bits per heavy atom. The van der Waals surface area contributed by atoms with Crippen molar-refractivity contribution in [2.24, 2.45) is 10.8 Å². The van der Waals surface area contributed by atoms with Gasteiger partial charge in [0.25, 0.3) is 0 Å². The van der Waals surface area contributed by atoms with Crippen molar-refractivity contribution in [3.05, 3.63) is 41.6 Å². The van der Waals surface area contributed by atoms with E-state index in [9.17, 15) is 9.18 Å². The van der Waals surface area contributed by atoms with E-state index >= 15 is 0 Å². The molecule has 6 saturated carbocycles. The number of halogens is 1. The van der Waals surface area contributed by atoms with Gasteiger partial charge in [-0.3, -0.25) is 9.78 Å². The molecule has 6 fully saturated rings. The molecule has 0 aromatic carbocycles. The fourth-order valence-corrected chi connectivity index (χ4v) is 6.98. The highest BCUT2D eigenvalue weighted by Gasteiger charge is 2.73. The maximum Gasteiger partial charge on any atom is 0.233 e. The van der Waals surface area contributed by atoms with Gasteiger partial charge in [0, 0.05) is 29.8 Å². The lowest BCUT2D eigenvalue weighted by Crippen LogP contribution is -2.71. The van der Waals surface area contributed by atoms with Gasteiger partial charge in [-0.25, -0.2) is 9.24 Å². The average Bonchev–Trinajstić information content (AvgIpc) is 3.33. The SMILES string of the molecule is [C-]#[N+]c1cncc(N(CC23CCC(c4nc(C(C)(C)C)no4)(CC2)CC3)C(=O)C23CC(F)(C2)C3)c1. The summed E-state index contributed by atoms with van der Waals surface area (Å²) in [5, 5.41) is 4.27. The molecule has 2 aromatic heterocycles. The molecule has 0 radical (unpaired) electrons. The molecule has 6 aliphatic rings. The summed E-state index contributed by atoms with van der Waals surface area (Å²) < 4.78 is 20.1. The van der Waals surface area contributed by atoms with Crippen molar-refractivity contribution in [2.75, 3.05) is 11.4 Å². The van der Waals surface area contributed by atoms with Crippen LogP contribution in [0.15, 0.2) is 23.0 Å². The number of fused-ring (bicyclic) bond motifs is 3. The molecule has 0 atom stereocenters. The Balaban J connectivity index is 1.24. The van der Waals surface area contributed by atoms with Crippen molar-refractivity contribution < 1.29 is 13.7 Å². The fraction of sp³-hybridized carbons (Fsp3) is 0.667. The van der Waals surface area contributed by atoms with E-state index < -0.39 is 11.1 Å². The van der Waals surface area contributed by atoms with Gasteiger partial charge in [0.2, 0.25) is 17.5 Å². The molecule has 0 aliphatic heterocycles. The number of hydrogen-bond acceptors (Lipinski definition) is 5. The van der Waals surface area contributed by atoms with Crippen LogP contribution in [0.1, 0.15) is 90.3 Å². The molecule has 8 rings (SSSR count). The fourth-order valence-electron chi connectivity index (χ4n) is 6.98. The summed E-state index contributed by atoms with van der Waals surface area (Å²) in [6.45, 7) is 14.2. The van der Waals surface area contributed by atoms with E-state index in [2.05, 4.69) is 35.8 Å². The van der Waals surface area contributed by atoms with Gasteiger partial charge >= 0.3 is 0 Å². The summed E-state index contributed by atoms with van der Waals surface area (Å²) in [4.78, 5) is 28.1. The number of carbonyl (C=O) groups excluding carboxylic acids is 1. The van der Waals surface area contributed by atoms with E-state index in [1.165, 1.54) is 6.20 Å². The molecular formula is C27H32FN5O2. The van der Waals surface area contributed by atoms with Crippen LogP contribution in [0.5, 0.6) is 0 Å². The highest BCUT2D eigenvalue weighted by Crippen LogP contribution is 2.70. The zero-order chi connectivity index (χ0) is 24.7. The van der Waals surface area contributed by atoms with Gasteiger partial charge in [-0.2, -0.15) is 4.98 Å². The number of anilines is 1. The predicted octanol–water partition coefficient (Wildman–Crippen LogP) is 5.83. The Labute approximate surface area is 205 Å². The van der Waals surface area contributed by atoms with Crippen LogP contribution in [-0.2, 0) is 15.6 Å². The van der Waals surface area contributed by atoms with Crippen LogP contribution < -0.4 is 4.90 Å². The van der Waals surface area contributed by atoms with Gasteiger partial charge in [0.1, 0.15) is 5.67 Å². The second-order valence-corrected chi connectivity index (χ2v) is 12.8. The largest absolute Gasteiger partial charge is 0.339 e. The van der Waals surface area contributed by atoms with Gasteiger partial charge in [-0.05, 0) is 69.3 Å². The summed E-state index contributed by atoms with van der Waals surface area (Å²) in [6.07, 6.45) is 9.96. The first-order valence-electron chi connectivity index (χ1n) is 12.7. The molecule has 0 saturated heterocycles. The zero-order valence-electron chi connectivity index (χ0n) is 20.7. The third kappa shape index (κ3) is 3.41. The Morgan fingerprint density at radius 1 is 1.14 bits per heavy atom. The summed E-state index contributed by atoms with van der Waals surface area (Å²) >= 11 is 0. The van der Waals surface area contributed by atoms with E-state index in [1.807, 2.05) is 4.90 Å². The van der Waals surface area contributed by atoms with E-state index in [1.54, 1.807) is 12.3 Å². The first-order valence-corrected chi connectivity index (χ1v) is 12.7. The molecule has 4 bridgehead atoms. The van der Waals surface area contributed by atoms with Gasteiger partial charge in [-0.1, -0.05) is 25.9 Å². The van der Waals surface area contributed by atoms with E-state index in [-0.39, 0.29) is 22.2 Å².